The first-order valence-corrected chi connectivity index (χ1v) is 6.89. The summed E-state index contributed by atoms with van der Waals surface area (Å²) >= 11 is 0. The second kappa shape index (κ2) is 4.97. The van der Waals surface area contributed by atoms with Gasteiger partial charge in [-0.1, -0.05) is 12.5 Å². The van der Waals surface area contributed by atoms with E-state index < -0.39 is 5.41 Å². The minimum atomic E-state index is -0.528. The summed E-state index contributed by atoms with van der Waals surface area (Å²) in [7, 11) is 1.81. The van der Waals surface area contributed by atoms with E-state index in [1.807, 2.05) is 26.1 Å². The second-order valence-corrected chi connectivity index (χ2v) is 5.81. The molecule has 3 nitrogen and oxygen atoms in total. The van der Waals surface area contributed by atoms with Crippen LogP contribution in [0.15, 0.2) is 12.1 Å². The zero-order chi connectivity index (χ0) is 14.2. The number of nitrogens with zero attached hydrogens (tertiary/aromatic N) is 1. The smallest absolute Gasteiger partial charge is 0.235 e. The summed E-state index contributed by atoms with van der Waals surface area (Å²) in [6, 6.07) is 4.05. The number of aryl methyl sites for hydroxylation is 1. The van der Waals surface area contributed by atoms with Gasteiger partial charge in [0.2, 0.25) is 5.91 Å². The maximum absolute atomic E-state index is 12.6. The summed E-state index contributed by atoms with van der Waals surface area (Å²) < 4.78 is 0. The molecule has 1 aromatic carbocycles. The lowest BCUT2D eigenvalue weighted by molar-refractivity contribution is -0.136. The van der Waals surface area contributed by atoms with Crippen molar-refractivity contribution in [2.45, 2.75) is 40.0 Å². The van der Waals surface area contributed by atoms with Crippen molar-refractivity contribution in [3.05, 3.63) is 28.8 Å². The minimum absolute atomic E-state index is 0.0416. The van der Waals surface area contributed by atoms with Gasteiger partial charge in [-0.15, -0.1) is 0 Å². The van der Waals surface area contributed by atoms with Crippen LogP contribution in [0.4, 0.5) is 5.69 Å². The topological polar surface area (TPSA) is 40.5 Å². The lowest BCUT2D eigenvalue weighted by Crippen LogP contribution is -2.49. The first-order chi connectivity index (χ1) is 8.93. The van der Waals surface area contributed by atoms with Crippen molar-refractivity contribution < 1.29 is 9.90 Å². The van der Waals surface area contributed by atoms with Gasteiger partial charge < -0.3 is 10.0 Å². The molecule has 104 valence electrons. The molecule has 1 amide bonds. The molecule has 0 atom stereocenters. The fraction of sp³-hybridized carbons (Fsp3) is 0.562. The van der Waals surface area contributed by atoms with Crippen LogP contribution in [-0.4, -0.2) is 24.7 Å². The van der Waals surface area contributed by atoms with E-state index in [0.717, 1.165) is 30.5 Å². The standard InChI is InChI=1S/C16H23NO2/c1-11-6-7-14(13(3)12(11)2)17(4)15(19)16(10-18)8-5-9-16/h6-7,18H,5,8-10H2,1-4H3. The molecular formula is C16H23NO2. The zero-order valence-electron chi connectivity index (χ0n) is 12.3. The van der Waals surface area contributed by atoms with Crippen LogP contribution in [0.2, 0.25) is 0 Å². The van der Waals surface area contributed by atoms with Crippen molar-refractivity contribution >= 4 is 11.6 Å². The zero-order valence-corrected chi connectivity index (χ0v) is 12.3. The van der Waals surface area contributed by atoms with Gasteiger partial charge in [-0.25, -0.2) is 0 Å². The molecule has 0 saturated heterocycles. The third-order valence-corrected chi connectivity index (χ3v) is 4.76. The SMILES string of the molecule is Cc1ccc(N(C)C(=O)C2(CO)CCC2)c(C)c1C. The van der Waals surface area contributed by atoms with Crippen LogP contribution in [0.25, 0.3) is 0 Å². The van der Waals surface area contributed by atoms with Crippen LogP contribution in [0.3, 0.4) is 0 Å². The number of carbonyl (C=O) groups excluding carboxylic acids is 1. The molecule has 0 spiro atoms. The first kappa shape index (κ1) is 14.1. The van der Waals surface area contributed by atoms with Crippen LogP contribution in [0.1, 0.15) is 36.0 Å². The van der Waals surface area contributed by atoms with E-state index in [4.69, 9.17) is 0 Å². The van der Waals surface area contributed by atoms with Gasteiger partial charge >= 0.3 is 0 Å². The highest BCUT2D eigenvalue weighted by atomic mass is 16.3. The monoisotopic (exact) mass is 261 g/mol. The number of aliphatic hydroxyl groups is 1. The second-order valence-electron chi connectivity index (χ2n) is 5.81. The Morgan fingerprint density at radius 3 is 2.37 bits per heavy atom. The largest absolute Gasteiger partial charge is 0.395 e. The van der Waals surface area contributed by atoms with E-state index in [9.17, 15) is 9.90 Å². The number of anilines is 1. The van der Waals surface area contributed by atoms with Gasteiger partial charge in [0, 0.05) is 12.7 Å². The Labute approximate surface area is 115 Å². The van der Waals surface area contributed by atoms with E-state index in [2.05, 4.69) is 13.8 Å². The molecule has 1 saturated carbocycles. The van der Waals surface area contributed by atoms with E-state index in [-0.39, 0.29) is 12.5 Å². The fourth-order valence-electron chi connectivity index (χ4n) is 2.81. The fourth-order valence-corrected chi connectivity index (χ4v) is 2.81. The molecule has 0 bridgehead atoms. The Hall–Kier alpha value is -1.35. The van der Waals surface area contributed by atoms with Crippen molar-refractivity contribution in [1.29, 1.82) is 0 Å². The highest BCUT2D eigenvalue weighted by molar-refractivity contribution is 5.98. The van der Waals surface area contributed by atoms with Gasteiger partial charge in [-0.2, -0.15) is 0 Å². The third kappa shape index (κ3) is 2.16. The predicted octanol–water partition coefficient (Wildman–Crippen LogP) is 2.74. The molecule has 0 aromatic heterocycles. The molecule has 2 rings (SSSR count). The van der Waals surface area contributed by atoms with Crippen LogP contribution in [-0.2, 0) is 4.79 Å². The Morgan fingerprint density at radius 2 is 1.89 bits per heavy atom. The van der Waals surface area contributed by atoms with E-state index in [1.54, 1.807) is 4.90 Å². The summed E-state index contributed by atoms with van der Waals surface area (Å²) in [5, 5.41) is 9.52. The van der Waals surface area contributed by atoms with E-state index >= 15 is 0 Å². The van der Waals surface area contributed by atoms with Crippen LogP contribution < -0.4 is 4.90 Å². The first-order valence-electron chi connectivity index (χ1n) is 6.89. The molecule has 1 aliphatic rings. The quantitative estimate of drug-likeness (QED) is 0.909. The molecule has 3 heteroatoms. The Kier molecular flexibility index (Phi) is 3.68. The van der Waals surface area contributed by atoms with Crippen LogP contribution >= 0.6 is 0 Å². The van der Waals surface area contributed by atoms with E-state index in [0.29, 0.717) is 0 Å². The molecule has 0 unspecified atom stereocenters. The maximum atomic E-state index is 12.6. The molecular weight excluding hydrogens is 238 g/mol. The van der Waals surface area contributed by atoms with Gasteiger partial charge in [-0.05, 0) is 56.4 Å². The lowest BCUT2D eigenvalue weighted by Gasteiger charge is -2.41. The number of benzene rings is 1. The van der Waals surface area contributed by atoms with Gasteiger partial charge in [0.15, 0.2) is 0 Å². The highest BCUT2D eigenvalue weighted by Crippen LogP contribution is 2.43. The normalized spacial score (nSPS) is 16.9. The number of hydrogen-bond acceptors (Lipinski definition) is 2. The predicted molar refractivity (Wildman–Crippen MR) is 77.4 cm³/mol. The Morgan fingerprint density at radius 1 is 1.26 bits per heavy atom. The Balaban J connectivity index is 2.32. The number of carbonyl (C=O) groups is 1. The highest BCUT2D eigenvalue weighted by Gasteiger charge is 2.45. The lowest BCUT2D eigenvalue weighted by atomic mass is 9.68. The average Bonchev–Trinajstić information content (AvgIpc) is 2.34. The average molecular weight is 261 g/mol. The van der Waals surface area contributed by atoms with Crippen molar-refractivity contribution in [3.8, 4) is 0 Å². The van der Waals surface area contributed by atoms with Crippen molar-refractivity contribution in [3.63, 3.8) is 0 Å². The number of hydrogen-bond donors (Lipinski definition) is 1. The summed E-state index contributed by atoms with van der Waals surface area (Å²) in [6.45, 7) is 6.17. The number of rotatable bonds is 3. The molecule has 0 radical (unpaired) electrons. The summed E-state index contributed by atoms with van der Waals surface area (Å²) in [6.07, 6.45) is 2.64. The van der Waals surface area contributed by atoms with Crippen LogP contribution in [0, 0.1) is 26.2 Å². The summed E-state index contributed by atoms with van der Waals surface area (Å²) in [4.78, 5) is 14.3. The molecule has 0 aliphatic heterocycles. The summed E-state index contributed by atoms with van der Waals surface area (Å²) in [5.74, 6) is 0.0487. The Bertz CT molecular complexity index is 498. The molecule has 19 heavy (non-hydrogen) atoms. The molecule has 1 N–H and O–H groups in total. The van der Waals surface area contributed by atoms with Gasteiger partial charge in [0.25, 0.3) is 0 Å². The molecule has 1 fully saturated rings. The van der Waals surface area contributed by atoms with Crippen LogP contribution in [0.5, 0.6) is 0 Å². The van der Waals surface area contributed by atoms with Crippen molar-refractivity contribution in [2.24, 2.45) is 5.41 Å². The maximum Gasteiger partial charge on any atom is 0.235 e. The van der Waals surface area contributed by atoms with Gasteiger partial charge in [0.1, 0.15) is 0 Å². The molecule has 1 aliphatic carbocycles. The van der Waals surface area contributed by atoms with Gasteiger partial charge in [0.05, 0.1) is 12.0 Å². The molecule has 1 aromatic rings. The van der Waals surface area contributed by atoms with Gasteiger partial charge in [-0.3, -0.25) is 4.79 Å². The van der Waals surface area contributed by atoms with Crippen molar-refractivity contribution in [2.75, 3.05) is 18.6 Å². The number of amides is 1. The summed E-state index contributed by atoms with van der Waals surface area (Å²) in [5.41, 5.74) is 4.03. The van der Waals surface area contributed by atoms with E-state index in [1.165, 1.54) is 11.1 Å². The third-order valence-electron chi connectivity index (χ3n) is 4.76. The minimum Gasteiger partial charge on any atom is -0.395 e. The number of aliphatic hydroxyl groups excluding tert-OH is 1. The van der Waals surface area contributed by atoms with Crippen molar-refractivity contribution in [1.82, 2.24) is 0 Å². The molecule has 0 heterocycles.